The van der Waals surface area contributed by atoms with Crippen LogP contribution in [0.3, 0.4) is 0 Å². The van der Waals surface area contributed by atoms with Crippen molar-refractivity contribution in [1.29, 1.82) is 0 Å². The molecule has 1 fully saturated rings. The van der Waals surface area contributed by atoms with Gasteiger partial charge in [-0.1, -0.05) is 18.6 Å². The van der Waals surface area contributed by atoms with Crippen LogP contribution in [0, 0.1) is 12.8 Å². The number of hydrogen-bond donors (Lipinski definition) is 2. The highest BCUT2D eigenvalue weighted by molar-refractivity contribution is 5.41. The van der Waals surface area contributed by atoms with Crippen LogP contribution < -0.4 is 4.74 Å². The van der Waals surface area contributed by atoms with E-state index in [2.05, 4.69) is 12.1 Å². The highest BCUT2D eigenvalue weighted by Crippen LogP contribution is 2.46. The minimum Gasteiger partial charge on any atom is -0.508 e. The molecule has 0 bridgehead atoms. The van der Waals surface area contributed by atoms with Crippen LogP contribution in [0.2, 0.25) is 0 Å². The maximum atomic E-state index is 9.79. The fourth-order valence-electron chi connectivity index (χ4n) is 4.45. The molecule has 24 heavy (non-hydrogen) atoms. The monoisotopic (exact) mass is 324 g/mol. The van der Waals surface area contributed by atoms with Gasteiger partial charge in [0.15, 0.2) is 0 Å². The highest BCUT2D eigenvalue weighted by Gasteiger charge is 2.37. The molecule has 2 aromatic rings. The van der Waals surface area contributed by atoms with Crippen molar-refractivity contribution in [2.75, 3.05) is 0 Å². The van der Waals surface area contributed by atoms with Crippen LogP contribution in [0.25, 0.3) is 0 Å². The van der Waals surface area contributed by atoms with Crippen LogP contribution in [0.1, 0.15) is 48.3 Å². The van der Waals surface area contributed by atoms with E-state index >= 15 is 0 Å². The van der Waals surface area contributed by atoms with Crippen molar-refractivity contribution in [3.05, 3.63) is 53.1 Å². The lowest BCUT2D eigenvalue weighted by molar-refractivity contribution is 0.104. The van der Waals surface area contributed by atoms with E-state index in [0.717, 1.165) is 29.7 Å². The standard InChI is InChI=1S/C21H24O3/c1-13-11-14(5-8-19(13)23)17-3-2-4-18(17)21-9-6-15-12-16(22)7-10-20(15)24-21/h5,7-8,10-12,17-18,21-23H,2-4,6,9H2,1H3/t17?,18?,21-/m0/s1. The van der Waals surface area contributed by atoms with E-state index in [4.69, 9.17) is 4.74 Å². The zero-order chi connectivity index (χ0) is 16.7. The summed E-state index contributed by atoms with van der Waals surface area (Å²) in [6.07, 6.45) is 5.84. The first kappa shape index (κ1) is 15.4. The fraction of sp³-hybridized carbons (Fsp3) is 0.429. The summed E-state index contributed by atoms with van der Waals surface area (Å²) in [5, 5.41) is 19.4. The maximum Gasteiger partial charge on any atom is 0.123 e. The Kier molecular flexibility index (Phi) is 3.87. The van der Waals surface area contributed by atoms with Gasteiger partial charge in [-0.3, -0.25) is 0 Å². The maximum absolute atomic E-state index is 9.79. The number of fused-ring (bicyclic) bond motifs is 1. The number of hydrogen-bond acceptors (Lipinski definition) is 3. The molecule has 1 saturated carbocycles. The van der Waals surface area contributed by atoms with Gasteiger partial charge in [0.05, 0.1) is 0 Å². The van der Waals surface area contributed by atoms with Gasteiger partial charge < -0.3 is 14.9 Å². The van der Waals surface area contributed by atoms with Gasteiger partial charge in [-0.2, -0.15) is 0 Å². The SMILES string of the molecule is Cc1cc(C2CCCC2[C@@H]2CCc3cc(O)ccc3O2)ccc1O. The molecule has 3 atom stereocenters. The predicted molar refractivity (Wildman–Crippen MR) is 93.8 cm³/mol. The molecule has 1 aliphatic carbocycles. The summed E-state index contributed by atoms with van der Waals surface area (Å²) in [5.41, 5.74) is 3.39. The van der Waals surface area contributed by atoms with Crippen molar-refractivity contribution in [2.24, 2.45) is 5.92 Å². The molecule has 0 amide bonds. The molecule has 1 aliphatic heterocycles. The molecule has 2 aromatic carbocycles. The second-order valence-corrected chi connectivity index (χ2v) is 7.23. The van der Waals surface area contributed by atoms with E-state index in [-0.39, 0.29) is 6.10 Å². The molecular weight excluding hydrogens is 300 g/mol. The molecule has 0 saturated heterocycles. The van der Waals surface area contributed by atoms with Crippen molar-refractivity contribution < 1.29 is 14.9 Å². The van der Waals surface area contributed by atoms with E-state index in [1.807, 2.05) is 25.1 Å². The van der Waals surface area contributed by atoms with Crippen LogP contribution in [0.4, 0.5) is 0 Å². The Labute approximate surface area is 142 Å². The van der Waals surface area contributed by atoms with Gasteiger partial charge in [-0.05, 0) is 79.5 Å². The van der Waals surface area contributed by atoms with Crippen molar-refractivity contribution >= 4 is 0 Å². The van der Waals surface area contributed by atoms with E-state index in [9.17, 15) is 10.2 Å². The first-order chi connectivity index (χ1) is 11.6. The molecule has 0 spiro atoms. The topological polar surface area (TPSA) is 49.7 Å². The summed E-state index contributed by atoms with van der Waals surface area (Å²) >= 11 is 0. The van der Waals surface area contributed by atoms with Crippen LogP contribution in [0.5, 0.6) is 17.2 Å². The summed E-state index contributed by atoms with van der Waals surface area (Å²) in [5.74, 6) is 2.64. The minimum absolute atomic E-state index is 0.239. The Hall–Kier alpha value is -2.16. The minimum atomic E-state index is 0.239. The number of benzene rings is 2. The van der Waals surface area contributed by atoms with Gasteiger partial charge in [0.1, 0.15) is 23.4 Å². The molecule has 2 N–H and O–H groups in total. The lowest BCUT2D eigenvalue weighted by atomic mass is 9.82. The van der Waals surface area contributed by atoms with Gasteiger partial charge in [0, 0.05) is 5.92 Å². The average Bonchev–Trinajstić information content (AvgIpc) is 3.06. The number of aryl methyl sites for hydroxylation is 2. The van der Waals surface area contributed by atoms with Gasteiger partial charge in [0.2, 0.25) is 0 Å². The van der Waals surface area contributed by atoms with Crippen LogP contribution in [-0.2, 0) is 6.42 Å². The van der Waals surface area contributed by atoms with E-state index in [0.29, 0.717) is 23.3 Å². The number of phenols is 2. The second kappa shape index (κ2) is 6.04. The molecule has 0 aromatic heterocycles. The van der Waals surface area contributed by atoms with Crippen molar-refractivity contribution in [2.45, 2.75) is 51.0 Å². The average molecular weight is 324 g/mol. The number of rotatable bonds is 2. The number of phenolic OH excluding ortho intramolecular Hbond substituents is 2. The van der Waals surface area contributed by atoms with Crippen molar-refractivity contribution in [1.82, 2.24) is 0 Å². The predicted octanol–water partition coefficient (Wildman–Crippen LogP) is 4.68. The van der Waals surface area contributed by atoms with Gasteiger partial charge in [-0.25, -0.2) is 0 Å². The molecule has 0 radical (unpaired) electrons. The Morgan fingerprint density at radius 2 is 1.88 bits per heavy atom. The van der Waals surface area contributed by atoms with Gasteiger partial charge >= 0.3 is 0 Å². The number of aromatic hydroxyl groups is 2. The number of ether oxygens (including phenoxy) is 1. The third kappa shape index (κ3) is 2.72. The Balaban J connectivity index is 1.57. The first-order valence-electron chi connectivity index (χ1n) is 8.90. The highest BCUT2D eigenvalue weighted by atomic mass is 16.5. The molecule has 2 aliphatic rings. The smallest absolute Gasteiger partial charge is 0.123 e. The molecule has 3 nitrogen and oxygen atoms in total. The molecule has 1 heterocycles. The molecule has 2 unspecified atom stereocenters. The normalized spacial score (nSPS) is 26.0. The molecule has 126 valence electrons. The van der Waals surface area contributed by atoms with Crippen LogP contribution >= 0.6 is 0 Å². The lowest BCUT2D eigenvalue weighted by Gasteiger charge is -2.33. The Bertz CT molecular complexity index is 753. The lowest BCUT2D eigenvalue weighted by Crippen LogP contribution is -2.32. The first-order valence-corrected chi connectivity index (χ1v) is 8.90. The van der Waals surface area contributed by atoms with E-state index in [1.165, 1.54) is 24.8 Å². The summed E-state index contributed by atoms with van der Waals surface area (Å²) in [7, 11) is 0. The van der Waals surface area contributed by atoms with E-state index < -0.39 is 0 Å². The van der Waals surface area contributed by atoms with Gasteiger partial charge in [-0.15, -0.1) is 0 Å². The summed E-state index contributed by atoms with van der Waals surface area (Å²) in [6.45, 7) is 1.96. The summed E-state index contributed by atoms with van der Waals surface area (Å²) in [6, 6.07) is 11.4. The molecule has 3 heteroatoms. The Morgan fingerprint density at radius 3 is 2.71 bits per heavy atom. The third-order valence-corrected chi connectivity index (χ3v) is 5.72. The van der Waals surface area contributed by atoms with Crippen molar-refractivity contribution in [3.8, 4) is 17.2 Å². The second-order valence-electron chi connectivity index (χ2n) is 7.23. The fourth-order valence-corrected chi connectivity index (χ4v) is 4.45. The van der Waals surface area contributed by atoms with E-state index in [1.54, 1.807) is 6.07 Å². The quantitative estimate of drug-likeness (QED) is 0.843. The molecule has 4 rings (SSSR count). The summed E-state index contributed by atoms with van der Waals surface area (Å²) in [4.78, 5) is 0. The Morgan fingerprint density at radius 1 is 1.00 bits per heavy atom. The zero-order valence-electron chi connectivity index (χ0n) is 14.0. The zero-order valence-corrected chi connectivity index (χ0v) is 14.0. The third-order valence-electron chi connectivity index (χ3n) is 5.72. The van der Waals surface area contributed by atoms with Gasteiger partial charge in [0.25, 0.3) is 0 Å². The van der Waals surface area contributed by atoms with Crippen LogP contribution in [0.15, 0.2) is 36.4 Å². The largest absolute Gasteiger partial charge is 0.508 e. The van der Waals surface area contributed by atoms with Crippen molar-refractivity contribution in [3.63, 3.8) is 0 Å². The van der Waals surface area contributed by atoms with Crippen LogP contribution in [-0.4, -0.2) is 16.3 Å². The molecular formula is C21H24O3. The summed E-state index contributed by atoms with van der Waals surface area (Å²) < 4.78 is 6.32.